The summed E-state index contributed by atoms with van der Waals surface area (Å²) >= 11 is 0. The number of carbonyl (C=O) groups is 2. The van der Waals surface area contributed by atoms with Crippen LogP contribution in [0.5, 0.6) is 0 Å². The summed E-state index contributed by atoms with van der Waals surface area (Å²) in [6.07, 6.45) is 8.65. The Morgan fingerprint density at radius 2 is 1.96 bits per heavy atom. The standard InChI is InChI=1S/C21H30N4O3/c1-16-12-23-17(13-22-16)14-25-15-21(6-4-18(25)26)7-9-24(10-8-21)19(27)20(2)5-3-11-28-20/h12-13H,3-11,14-15H2,1-2H3/t20-/m1/s1. The molecule has 0 saturated carbocycles. The normalized spacial score (nSPS) is 27.4. The highest BCUT2D eigenvalue weighted by molar-refractivity contribution is 5.85. The van der Waals surface area contributed by atoms with Crippen LogP contribution in [-0.2, 0) is 20.9 Å². The van der Waals surface area contributed by atoms with Gasteiger partial charge in [0, 0.05) is 38.9 Å². The fourth-order valence-electron chi connectivity index (χ4n) is 4.82. The highest BCUT2D eigenvalue weighted by Gasteiger charge is 2.45. The van der Waals surface area contributed by atoms with E-state index in [1.54, 1.807) is 12.4 Å². The highest BCUT2D eigenvalue weighted by atomic mass is 16.5. The molecule has 1 atom stereocenters. The van der Waals surface area contributed by atoms with E-state index < -0.39 is 5.60 Å². The molecular formula is C21H30N4O3. The fraction of sp³-hybridized carbons (Fsp3) is 0.714. The monoisotopic (exact) mass is 386 g/mol. The molecule has 1 aromatic heterocycles. The fourth-order valence-corrected chi connectivity index (χ4v) is 4.82. The van der Waals surface area contributed by atoms with E-state index in [1.165, 1.54) is 0 Å². The lowest BCUT2D eigenvalue weighted by atomic mass is 9.72. The van der Waals surface area contributed by atoms with Crippen LogP contribution in [0.4, 0.5) is 0 Å². The van der Waals surface area contributed by atoms with E-state index in [0.29, 0.717) is 19.6 Å². The lowest BCUT2D eigenvalue weighted by molar-refractivity contribution is -0.155. The summed E-state index contributed by atoms with van der Waals surface area (Å²) in [5.41, 5.74) is 1.18. The van der Waals surface area contributed by atoms with Gasteiger partial charge in [-0.3, -0.25) is 19.6 Å². The number of piperidine rings is 2. The van der Waals surface area contributed by atoms with Crippen LogP contribution in [0.15, 0.2) is 12.4 Å². The Morgan fingerprint density at radius 1 is 1.18 bits per heavy atom. The maximum atomic E-state index is 12.9. The zero-order valence-electron chi connectivity index (χ0n) is 16.9. The molecule has 28 heavy (non-hydrogen) atoms. The van der Waals surface area contributed by atoms with Crippen molar-refractivity contribution in [3.05, 3.63) is 23.8 Å². The quantitative estimate of drug-likeness (QED) is 0.795. The van der Waals surface area contributed by atoms with Gasteiger partial charge in [0.2, 0.25) is 5.91 Å². The van der Waals surface area contributed by atoms with Gasteiger partial charge in [-0.15, -0.1) is 0 Å². The molecule has 4 heterocycles. The Bertz CT molecular complexity index is 735. The van der Waals surface area contributed by atoms with Crippen molar-refractivity contribution in [3.8, 4) is 0 Å². The number of ether oxygens (including phenoxy) is 1. The number of carbonyl (C=O) groups excluding carboxylic acids is 2. The summed E-state index contributed by atoms with van der Waals surface area (Å²) in [4.78, 5) is 38.0. The zero-order valence-corrected chi connectivity index (χ0v) is 16.9. The molecule has 0 unspecified atom stereocenters. The lowest BCUT2D eigenvalue weighted by Crippen LogP contribution is -2.55. The maximum Gasteiger partial charge on any atom is 0.254 e. The molecule has 3 aliphatic heterocycles. The van der Waals surface area contributed by atoms with Crippen molar-refractivity contribution in [2.75, 3.05) is 26.2 Å². The Kier molecular flexibility index (Phi) is 5.12. The van der Waals surface area contributed by atoms with Crippen molar-refractivity contribution in [1.29, 1.82) is 0 Å². The Hall–Kier alpha value is -2.02. The van der Waals surface area contributed by atoms with Crippen LogP contribution in [0.25, 0.3) is 0 Å². The van der Waals surface area contributed by atoms with Gasteiger partial charge in [0.05, 0.1) is 24.1 Å². The molecule has 152 valence electrons. The van der Waals surface area contributed by atoms with Crippen LogP contribution in [0, 0.1) is 12.3 Å². The number of aromatic nitrogens is 2. The zero-order chi connectivity index (χ0) is 19.8. The van der Waals surface area contributed by atoms with E-state index in [0.717, 1.165) is 63.1 Å². The van der Waals surface area contributed by atoms with Crippen molar-refractivity contribution in [2.24, 2.45) is 5.41 Å². The SMILES string of the molecule is Cc1cnc(CN2CC3(CCC2=O)CCN(C(=O)[C@@]2(C)CCCO2)CC3)cn1. The summed E-state index contributed by atoms with van der Waals surface area (Å²) in [7, 11) is 0. The summed E-state index contributed by atoms with van der Waals surface area (Å²) in [6.45, 7) is 7.28. The average molecular weight is 386 g/mol. The van der Waals surface area contributed by atoms with Crippen molar-refractivity contribution in [1.82, 2.24) is 19.8 Å². The minimum absolute atomic E-state index is 0.111. The van der Waals surface area contributed by atoms with Crippen LogP contribution in [0.1, 0.15) is 56.8 Å². The van der Waals surface area contributed by atoms with E-state index in [-0.39, 0.29) is 17.2 Å². The number of amides is 2. The largest absolute Gasteiger partial charge is 0.365 e. The van der Waals surface area contributed by atoms with Crippen LogP contribution in [-0.4, -0.2) is 63.4 Å². The van der Waals surface area contributed by atoms with Crippen LogP contribution in [0.2, 0.25) is 0 Å². The molecule has 1 aromatic rings. The third-order valence-electron chi connectivity index (χ3n) is 6.72. The number of nitrogens with zero attached hydrogens (tertiary/aromatic N) is 4. The molecule has 4 rings (SSSR count). The van der Waals surface area contributed by atoms with Gasteiger partial charge in [0.1, 0.15) is 5.60 Å². The molecule has 7 nitrogen and oxygen atoms in total. The topological polar surface area (TPSA) is 75.6 Å². The second kappa shape index (κ2) is 7.43. The Labute approximate surface area is 166 Å². The predicted molar refractivity (Wildman–Crippen MR) is 103 cm³/mol. The van der Waals surface area contributed by atoms with E-state index in [4.69, 9.17) is 4.74 Å². The first-order chi connectivity index (χ1) is 13.4. The molecule has 1 spiro atoms. The van der Waals surface area contributed by atoms with Gasteiger partial charge in [-0.1, -0.05) is 0 Å². The van der Waals surface area contributed by atoms with Crippen molar-refractivity contribution < 1.29 is 14.3 Å². The van der Waals surface area contributed by atoms with Crippen LogP contribution < -0.4 is 0 Å². The maximum absolute atomic E-state index is 12.9. The number of hydrogen-bond acceptors (Lipinski definition) is 5. The number of rotatable bonds is 3. The highest BCUT2D eigenvalue weighted by Crippen LogP contribution is 2.41. The van der Waals surface area contributed by atoms with E-state index >= 15 is 0 Å². The van der Waals surface area contributed by atoms with Crippen molar-refractivity contribution in [3.63, 3.8) is 0 Å². The molecular weight excluding hydrogens is 356 g/mol. The second-order valence-corrected chi connectivity index (χ2v) is 8.87. The van der Waals surface area contributed by atoms with E-state index in [2.05, 4.69) is 9.97 Å². The molecule has 0 aromatic carbocycles. The molecule has 7 heteroatoms. The summed E-state index contributed by atoms with van der Waals surface area (Å²) in [6, 6.07) is 0. The summed E-state index contributed by atoms with van der Waals surface area (Å²) in [5, 5.41) is 0. The van der Waals surface area contributed by atoms with Gasteiger partial charge in [0.15, 0.2) is 0 Å². The minimum Gasteiger partial charge on any atom is -0.365 e. The van der Waals surface area contributed by atoms with Crippen LogP contribution in [0.3, 0.4) is 0 Å². The second-order valence-electron chi connectivity index (χ2n) is 8.87. The Morgan fingerprint density at radius 3 is 2.61 bits per heavy atom. The molecule has 2 amide bonds. The van der Waals surface area contributed by atoms with E-state index in [1.807, 2.05) is 23.6 Å². The first-order valence-electron chi connectivity index (χ1n) is 10.4. The lowest BCUT2D eigenvalue weighted by Gasteiger charge is -2.48. The van der Waals surface area contributed by atoms with Crippen molar-refractivity contribution in [2.45, 2.75) is 64.5 Å². The molecule has 3 saturated heterocycles. The van der Waals surface area contributed by atoms with E-state index in [9.17, 15) is 9.59 Å². The first kappa shape index (κ1) is 19.3. The molecule has 0 N–H and O–H groups in total. The molecule has 0 radical (unpaired) electrons. The van der Waals surface area contributed by atoms with Gasteiger partial charge in [-0.2, -0.15) is 0 Å². The van der Waals surface area contributed by atoms with Crippen molar-refractivity contribution >= 4 is 11.8 Å². The first-order valence-corrected chi connectivity index (χ1v) is 10.4. The molecule has 3 aliphatic rings. The molecule has 3 fully saturated rings. The molecule has 0 bridgehead atoms. The van der Waals surface area contributed by atoms with Gasteiger partial charge in [-0.25, -0.2) is 0 Å². The number of likely N-dealkylation sites (tertiary alicyclic amines) is 2. The summed E-state index contributed by atoms with van der Waals surface area (Å²) < 4.78 is 5.74. The van der Waals surface area contributed by atoms with Gasteiger partial charge in [-0.05, 0) is 51.4 Å². The Balaban J connectivity index is 1.38. The summed E-state index contributed by atoms with van der Waals surface area (Å²) in [5.74, 6) is 0.330. The smallest absolute Gasteiger partial charge is 0.254 e. The van der Waals surface area contributed by atoms with Gasteiger partial charge >= 0.3 is 0 Å². The number of aryl methyl sites for hydroxylation is 1. The third-order valence-corrected chi connectivity index (χ3v) is 6.72. The number of hydrogen-bond donors (Lipinski definition) is 0. The van der Waals surface area contributed by atoms with Crippen LogP contribution >= 0.6 is 0 Å². The molecule has 0 aliphatic carbocycles. The van der Waals surface area contributed by atoms with Gasteiger partial charge in [0.25, 0.3) is 5.91 Å². The minimum atomic E-state index is -0.636. The van der Waals surface area contributed by atoms with Gasteiger partial charge < -0.3 is 14.5 Å². The third kappa shape index (κ3) is 3.77. The predicted octanol–water partition coefficient (Wildman–Crippen LogP) is 2.09. The average Bonchev–Trinajstić information content (AvgIpc) is 3.15.